The van der Waals surface area contributed by atoms with Gasteiger partial charge in [-0.1, -0.05) is 47.7 Å². The first-order valence-corrected chi connectivity index (χ1v) is 10.1. The lowest BCUT2D eigenvalue weighted by molar-refractivity contribution is 0.0940. The molecule has 0 aliphatic carbocycles. The van der Waals surface area contributed by atoms with Gasteiger partial charge in [-0.3, -0.25) is 14.2 Å². The quantitative estimate of drug-likeness (QED) is 0.703. The van der Waals surface area contributed by atoms with Gasteiger partial charge in [0.05, 0.1) is 6.04 Å². The van der Waals surface area contributed by atoms with E-state index < -0.39 is 5.91 Å². The summed E-state index contributed by atoms with van der Waals surface area (Å²) in [5.74, 6) is 0.419. The second-order valence-corrected chi connectivity index (χ2v) is 8.13. The molecule has 0 saturated carbocycles. The summed E-state index contributed by atoms with van der Waals surface area (Å²) in [7, 11) is 0. The summed E-state index contributed by atoms with van der Waals surface area (Å²) in [5.41, 5.74) is 1.95. The van der Waals surface area contributed by atoms with E-state index in [4.69, 9.17) is 0 Å². The maximum Gasteiger partial charge on any atom is 0.267 e. The van der Waals surface area contributed by atoms with Crippen molar-refractivity contribution in [3.05, 3.63) is 79.9 Å². The number of aryl methyl sites for hydroxylation is 1. The third-order valence-corrected chi connectivity index (χ3v) is 6.22. The normalized spacial score (nSPS) is 14.0. The first-order valence-electron chi connectivity index (χ1n) is 8.27. The van der Waals surface area contributed by atoms with E-state index in [0.717, 1.165) is 21.8 Å². The highest BCUT2D eigenvalue weighted by Crippen LogP contribution is 2.27. The van der Waals surface area contributed by atoms with Gasteiger partial charge in [-0.25, -0.2) is 4.98 Å². The average molecular weight is 383 g/mol. The van der Waals surface area contributed by atoms with Gasteiger partial charge < -0.3 is 5.32 Å². The third-order valence-electron chi connectivity index (χ3n) is 4.32. The van der Waals surface area contributed by atoms with E-state index >= 15 is 0 Å². The lowest BCUT2D eigenvalue weighted by Gasteiger charge is -2.18. The van der Waals surface area contributed by atoms with Crippen molar-refractivity contribution in [2.75, 3.05) is 5.75 Å². The summed E-state index contributed by atoms with van der Waals surface area (Å²) < 4.78 is 1.58. The number of fused-ring (bicyclic) bond motifs is 1. The number of thiophene rings is 1. The maximum absolute atomic E-state index is 12.8. The summed E-state index contributed by atoms with van der Waals surface area (Å²) in [4.78, 5) is 30.7. The van der Waals surface area contributed by atoms with Gasteiger partial charge in [0.25, 0.3) is 11.5 Å². The van der Waals surface area contributed by atoms with Gasteiger partial charge in [0, 0.05) is 23.4 Å². The molecule has 1 aliphatic rings. The zero-order valence-corrected chi connectivity index (χ0v) is 15.8. The minimum absolute atomic E-state index is 0.0879. The molecule has 1 unspecified atom stereocenters. The van der Waals surface area contributed by atoms with Crippen molar-refractivity contribution in [3.63, 3.8) is 0 Å². The zero-order chi connectivity index (χ0) is 18.1. The van der Waals surface area contributed by atoms with Gasteiger partial charge in [0.2, 0.25) is 0 Å². The van der Waals surface area contributed by atoms with Gasteiger partial charge in [-0.2, -0.15) is 0 Å². The van der Waals surface area contributed by atoms with Crippen molar-refractivity contribution < 1.29 is 4.79 Å². The van der Waals surface area contributed by atoms with Crippen molar-refractivity contribution in [1.82, 2.24) is 14.9 Å². The fourth-order valence-electron chi connectivity index (χ4n) is 2.92. The molecule has 0 bridgehead atoms. The third kappa shape index (κ3) is 3.20. The Bertz CT molecular complexity index is 995. The minimum Gasteiger partial charge on any atom is -0.340 e. The van der Waals surface area contributed by atoms with Crippen molar-refractivity contribution in [2.45, 2.75) is 24.7 Å². The number of nitrogens with one attached hydrogen (secondary N) is 1. The Labute approximate surface area is 159 Å². The van der Waals surface area contributed by atoms with Gasteiger partial charge in [-0.15, -0.1) is 11.3 Å². The van der Waals surface area contributed by atoms with Crippen LogP contribution in [0.1, 0.15) is 32.4 Å². The van der Waals surface area contributed by atoms with Gasteiger partial charge in [0.15, 0.2) is 5.16 Å². The summed E-state index contributed by atoms with van der Waals surface area (Å²) >= 11 is 3.11. The topological polar surface area (TPSA) is 64.0 Å². The molecule has 26 heavy (non-hydrogen) atoms. The zero-order valence-electron chi connectivity index (χ0n) is 14.1. The fraction of sp³-hybridized carbons (Fsp3) is 0.211. The SMILES string of the molecule is Cc1ccc(C(NC(=O)c2cnc3n(c2=O)CCS3)c2cccs2)cc1. The van der Waals surface area contributed by atoms with Crippen LogP contribution in [0.4, 0.5) is 0 Å². The first-order chi connectivity index (χ1) is 12.6. The number of benzene rings is 1. The Morgan fingerprint density at radius 3 is 2.81 bits per heavy atom. The number of carbonyl (C=O) groups excluding carboxylic acids is 1. The summed E-state index contributed by atoms with van der Waals surface area (Å²) in [6, 6.07) is 11.7. The highest BCUT2D eigenvalue weighted by Gasteiger charge is 2.23. The maximum atomic E-state index is 12.8. The molecule has 132 valence electrons. The molecule has 3 heterocycles. The van der Waals surface area contributed by atoms with Crippen LogP contribution in [0.15, 0.2) is 57.9 Å². The summed E-state index contributed by atoms with van der Waals surface area (Å²) in [6.07, 6.45) is 1.39. The van der Waals surface area contributed by atoms with E-state index in [1.54, 1.807) is 15.9 Å². The Morgan fingerprint density at radius 2 is 2.08 bits per heavy atom. The molecule has 0 spiro atoms. The smallest absolute Gasteiger partial charge is 0.267 e. The van der Waals surface area contributed by atoms with E-state index in [0.29, 0.717) is 11.7 Å². The Kier molecular flexibility index (Phi) is 4.65. The Morgan fingerprint density at radius 1 is 1.27 bits per heavy atom. The molecule has 1 aromatic carbocycles. The van der Waals surface area contributed by atoms with Crippen LogP contribution >= 0.6 is 23.1 Å². The lowest BCUT2D eigenvalue weighted by Crippen LogP contribution is -2.35. The fourth-order valence-corrected chi connectivity index (χ4v) is 4.63. The van der Waals surface area contributed by atoms with Gasteiger partial charge in [-0.05, 0) is 23.9 Å². The molecule has 1 amide bonds. The number of hydrogen-bond acceptors (Lipinski definition) is 5. The average Bonchev–Trinajstić information content (AvgIpc) is 3.33. The van der Waals surface area contributed by atoms with E-state index in [1.165, 1.54) is 18.0 Å². The second-order valence-electron chi connectivity index (χ2n) is 6.09. The van der Waals surface area contributed by atoms with Crippen LogP contribution in [-0.2, 0) is 6.54 Å². The number of hydrogen-bond donors (Lipinski definition) is 1. The largest absolute Gasteiger partial charge is 0.340 e. The van der Waals surface area contributed by atoms with Crippen LogP contribution in [0.2, 0.25) is 0 Å². The molecule has 0 fully saturated rings. The Balaban J connectivity index is 1.67. The van der Waals surface area contributed by atoms with Crippen LogP contribution in [-0.4, -0.2) is 21.2 Å². The molecule has 4 rings (SSSR count). The van der Waals surface area contributed by atoms with Crippen molar-refractivity contribution in [1.29, 1.82) is 0 Å². The van der Waals surface area contributed by atoms with Crippen molar-refractivity contribution >= 4 is 29.0 Å². The lowest BCUT2D eigenvalue weighted by atomic mass is 10.0. The van der Waals surface area contributed by atoms with Crippen LogP contribution in [0.5, 0.6) is 0 Å². The van der Waals surface area contributed by atoms with E-state index in [-0.39, 0.29) is 17.2 Å². The van der Waals surface area contributed by atoms with Crippen molar-refractivity contribution in [3.8, 4) is 0 Å². The van der Waals surface area contributed by atoms with Crippen molar-refractivity contribution in [2.24, 2.45) is 0 Å². The highest BCUT2D eigenvalue weighted by molar-refractivity contribution is 7.99. The number of amides is 1. The predicted octanol–water partition coefficient (Wildman–Crippen LogP) is 3.24. The summed E-state index contributed by atoms with van der Waals surface area (Å²) in [5, 5.41) is 5.67. The molecule has 2 aromatic heterocycles. The molecule has 3 aromatic rings. The standard InChI is InChI=1S/C19H17N3O2S2/c1-12-4-6-13(7-5-12)16(15-3-2-9-25-15)21-17(23)14-11-20-19-22(18(14)24)8-10-26-19/h2-7,9,11,16H,8,10H2,1H3,(H,21,23). The molecular weight excluding hydrogens is 366 g/mol. The first kappa shape index (κ1) is 17.1. The molecular formula is C19H17N3O2S2. The Hall–Kier alpha value is -2.38. The molecule has 1 N–H and O–H groups in total. The number of nitrogens with zero attached hydrogens (tertiary/aromatic N) is 2. The van der Waals surface area contributed by atoms with E-state index in [9.17, 15) is 9.59 Å². The van der Waals surface area contributed by atoms with Gasteiger partial charge in [0.1, 0.15) is 5.56 Å². The van der Waals surface area contributed by atoms with Crippen LogP contribution in [0, 0.1) is 6.92 Å². The van der Waals surface area contributed by atoms with E-state index in [2.05, 4.69) is 10.3 Å². The number of carbonyl (C=O) groups is 1. The monoisotopic (exact) mass is 383 g/mol. The van der Waals surface area contributed by atoms with Crippen LogP contribution in [0.25, 0.3) is 0 Å². The van der Waals surface area contributed by atoms with Gasteiger partial charge >= 0.3 is 0 Å². The van der Waals surface area contributed by atoms with Crippen LogP contribution < -0.4 is 10.9 Å². The van der Waals surface area contributed by atoms with Crippen LogP contribution in [0.3, 0.4) is 0 Å². The highest BCUT2D eigenvalue weighted by atomic mass is 32.2. The van der Waals surface area contributed by atoms with E-state index in [1.807, 2.05) is 48.7 Å². The molecule has 1 atom stereocenters. The minimum atomic E-state index is -0.395. The molecule has 1 aliphatic heterocycles. The second kappa shape index (κ2) is 7.09. The number of aromatic nitrogens is 2. The molecule has 0 radical (unpaired) electrons. The number of thioether (sulfide) groups is 1. The molecule has 5 nitrogen and oxygen atoms in total. The number of rotatable bonds is 4. The molecule has 0 saturated heterocycles. The predicted molar refractivity (Wildman–Crippen MR) is 104 cm³/mol. The molecule has 7 heteroatoms. The summed E-state index contributed by atoms with van der Waals surface area (Å²) in [6.45, 7) is 2.62.